The number of carboxylic acid groups (broad SMARTS) is 1. The largest absolute Gasteiger partial charge is 0.480 e. The number of halogens is 2. The molecule has 0 saturated carbocycles. The maximum atomic E-state index is 11.4. The van der Waals surface area contributed by atoms with Crippen LogP contribution in [0.5, 0.6) is 0 Å². The maximum absolute atomic E-state index is 11.4. The molecule has 32 heavy (non-hydrogen) atoms. The summed E-state index contributed by atoms with van der Waals surface area (Å²) in [5.74, 6) is -0.115. The van der Waals surface area contributed by atoms with Crippen LogP contribution in [0.3, 0.4) is 0 Å². The lowest BCUT2D eigenvalue weighted by molar-refractivity contribution is -0.146. The zero-order valence-corrected chi connectivity index (χ0v) is 21.7. The molecule has 0 saturated heterocycles. The van der Waals surface area contributed by atoms with Crippen LogP contribution in [0.15, 0.2) is 48.5 Å². The number of hydrogen-bond acceptors (Lipinski definition) is 4. The number of nitrogens with one attached hydrogen (secondary N) is 1. The lowest BCUT2D eigenvalue weighted by atomic mass is 9.81. The highest BCUT2D eigenvalue weighted by Crippen LogP contribution is 2.40. The second-order valence-electron chi connectivity index (χ2n) is 9.02. The number of aliphatic carboxylic acids is 1. The fourth-order valence-electron chi connectivity index (χ4n) is 3.56. The molecule has 0 heterocycles. The van der Waals surface area contributed by atoms with Crippen LogP contribution < -0.4 is 5.32 Å². The third kappa shape index (κ3) is 7.96. The van der Waals surface area contributed by atoms with Crippen LogP contribution in [0.2, 0.25) is 10.0 Å². The minimum absolute atomic E-state index is 0.137. The molecular formula is C25H33Cl2NO3S. The van der Waals surface area contributed by atoms with Gasteiger partial charge in [-0.15, -0.1) is 0 Å². The van der Waals surface area contributed by atoms with Gasteiger partial charge in [-0.1, -0.05) is 75.2 Å². The molecule has 2 N–H and O–H groups in total. The number of hydrogen-bond donors (Lipinski definition) is 2. The lowest BCUT2D eigenvalue weighted by Crippen LogP contribution is -2.51. The van der Waals surface area contributed by atoms with Crippen LogP contribution in [-0.2, 0) is 15.1 Å². The molecule has 2 rings (SSSR count). The topological polar surface area (TPSA) is 58.6 Å². The number of benzene rings is 2. The summed E-state index contributed by atoms with van der Waals surface area (Å²) >= 11 is 14.3. The van der Waals surface area contributed by atoms with Crippen molar-refractivity contribution in [3.8, 4) is 0 Å². The van der Waals surface area contributed by atoms with Crippen LogP contribution in [-0.4, -0.2) is 34.2 Å². The number of carboxylic acids is 1. The average Bonchev–Trinajstić information content (AvgIpc) is 2.71. The molecule has 1 unspecified atom stereocenters. The van der Waals surface area contributed by atoms with Gasteiger partial charge in [-0.05, 0) is 48.7 Å². The maximum Gasteiger partial charge on any atom is 0.329 e. The molecule has 0 bridgehead atoms. The van der Waals surface area contributed by atoms with E-state index in [0.29, 0.717) is 10.0 Å². The zero-order valence-electron chi connectivity index (χ0n) is 19.3. The monoisotopic (exact) mass is 497 g/mol. The van der Waals surface area contributed by atoms with Crippen molar-refractivity contribution in [1.82, 2.24) is 5.32 Å². The molecule has 0 aromatic heterocycles. The Morgan fingerprint density at radius 2 is 1.75 bits per heavy atom. The van der Waals surface area contributed by atoms with Crippen molar-refractivity contribution in [2.24, 2.45) is 0 Å². The van der Waals surface area contributed by atoms with Crippen molar-refractivity contribution in [2.45, 2.75) is 63.5 Å². The standard InChI is InChI=1S/C25H33Cl2NO3S/c1-6-21(16-32-24(2,3)4)28-25(5,18-10-12-19(26)13-11-18)23(31-15-22(29)30)17-8-7-9-20(27)14-17/h7-14,21,23,28H,6,15-16H2,1-5H3,(H,29,30)/t21?,23-,25-/m1/s1. The molecule has 7 heteroatoms. The number of thioether (sulfide) groups is 1. The van der Waals surface area contributed by atoms with Crippen molar-refractivity contribution in [1.29, 1.82) is 0 Å². The Balaban J connectivity index is 2.54. The summed E-state index contributed by atoms with van der Waals surface area (Å²) in [7, 11) is 0. The van der Waals surface area contributed by atoms with E-state index in [2.05, 4.69) is 33.0 Å². The summed E-state index contributed by atoms with van der Waals surface area (Å²) in [6.07, 6.45) is 0.320. The highest BCUT2D eigenvalue weighted by atomic mass is 35.5. The van der Waals surface area contributed by atoms with Gasteiger partial charge in [0.1, 0.15) is 12.7 Å². The Labute approximate surface area is 206 Å². The zero-order chi connectivity index (χ0) is 23.9. The first kappa shape index (κ1) is 27.0. The fraction of sp³-hybridized carbons (Fsp3) is 0.480. The van der Waals surface area contributed by atoms with Crippen LogP contribution in [0.1, 0.15) is 58.3 Å². The van der Waals surface area contributed by atoms with Gasteiger partial charge in [-0.25, -0.2) is 4.79 Å². The van der Waals surface area contributed by atoms with Gasteiger partial charge < -0.3 is 15.2 Å². The van der Waals surface area contributed by atoms with E-state index in [1.54, 1.807) is 6.07 Å². The molecule has 3 atom stereocenters. The highest BCUT2D eigenvalue weighted by molar-refractivity contribution is 8.00. The van der Waals surface area contributed by atoms with Crippen molar-refractivity contribution in [2.75, 3.05) is 12.4 Å². The van der Waals surface area contributed by atoms with Gasteiger partial charge in [-0.3, -0.25) is 0 Å². The molecule has 2 aromatic rings. The van der Waals surface area contributed by atoms with Crippen molar-refractivity contribution in [3.63, 3.8) is 0 Å². The summed E-state index contributed by atoms with van der Waals surface area (Å²) in [6.45, 7) is 10.4. The summed E-state index contributed by atoms with van der Waals surface area (Å²) < 4.78 is 6.16. The quantitative estimate of drug-likeness (QED) is 0.351. The molecule has 0 aliphatic heterocycles. The molecule has 2 aromatic carbocycles. The molecule has 0 amide bonds. The summed E-state index contributed by atoms with van der Waals surface area (Å²) in [4.78, 5) is 11.4. The third-order valence-corrected chi connectivity index (χ3v) is 7.13. The fourth-order valence-corrected chi connectivity index (χ4v) is 4.91. The number of rotatable bonds is 11. The number of ether oxygens (including phenoxy) is 1. The lowest BCUT2D eigenvalue weighted by Gasteiger charge is -2.42. The molecule has 0 aliphatic carbocycles. The van der Waals surface area contributed by atoms with Crippen molar-refractivity contribution in [3.05, 3.63) is 69.7 Å². The van der Waals surface area contributed by atoms with Gasteiger partial charge in [0.2, 0.25) is 0 Å². The van der Waals surface area contributed by atoms with Gasteiger partial charge in [0.25, 0.3) is 0 Å². The second-order valence-corrected chi connectivity index (χ2v) is 11.7. The van der Waals surface area contributed by atoms with E-state index in [0.717, 1.165) is 23.3 Å². The third-order valence-electron chi connectivity index (χ3n) is 5.21. The predicted molar refractivity (Wildman–Crippen MR) is 136 cm³/mol. The van der Waals surface area contributed by atoms with E-state index in [-0.39, 0.29) is 10.8 Å². The van der Waals surface area contributed by atoms with Crippen molar-refractivity contribution >= 4 is 40.9 Å². The molecule has 0 spiro atoms. The minimum Gasteiger partial charge on any atom is -0.480 e. The van der Waals surface area contributed by atoms with E-state index in [9.17, 15) is 9.90 Å². The molecular weight excluding hydrogens is 465 g/mol. The van der Waals surface area contributed by atoms with Crippen LogP contribution >= 0.6 is 35.0 Å². The summed E-state index contributed by atoms with van der Waals surface area (Å²) in [5, 5.41) is 14.4. The SMILES string of the molecule is CCC(CSC(C)(C)C)N[C@](C)(c1ccc(Cl)cc1)[C@H](OCC(=O)O)c1cccc(Cl)c1. The van der Waals surface area contributed by atoms with E-state index in [4.69, 9.17) is 27.9 Å². The van der Waals surface area contributed by atoms with E-state index in [1.807, 2.05) is 61.2 Å². The highest BCUT2D eigenvalue weighted by Gasteiger charge is 2.40. The Kier molecular flexibility index (Phi) is 9.92. The average molecular weight is 499 g/mol. The second kappa shape index (κ2) is 11.8. The smallest absolute Gasteiger partial charge is 0.329 e. The molecule has 176 valence electrons. The van der Waals surface area contributed by atoms with Gasteiger partial charge in [-0.2, -0.15) is 11.8 Å². The number of carbonyl (C=O) groups is 1. The Bertz CT molecular complexity index is 886. The molecule has 0 radical (unpaired) electrons. The first-order valence-corrected chi connectivity index (χ1v) is 12.5. The predicted octanol–water partition coefficient (Wildman–Crippen LogP) is 6.95. The van der Waals surface area contributed by atoms with Gasteiger partial charge in [0, 0.05) is 26.6 Å². The summed E-state index contributed by atoms with van der Waals surface area (Å²) in [6, 6.07) is 15.2. The van der Waals surface area contributed by atoms with E-state index >= 15 is 0 Å². The molecule has 0 fully saturated rings. The Morgan fingerprint density at radius 3 is 2.28 bits per heavy atom. The first-order chi connectivity index (χ1) is 14.9. The normalized spacial score (nSPS) is 15.7. The first-order valence-electron chi connectivity index (χ1n) is 10.7. The van der Waals surface area contributed by atoms with Crippen LogP contribution in [0.25, 0.3) is 0 Å². The molecule has 0 aliphatic rings. The van der Waals surface area contributed by atoms with Crippen LogP contribution in [0.4, 0.5) is 0 Å². The van der Waals surface area contributed by atoms with Gasteiger partial charge in [0.05, 0.1) is 5.54 Å². The van der Waals surface area contributed by atoms with Crippen LogP contribution in [0, 0.1) is 0 Å². The van der Waals surface area contributed by atoms with Gasteiger partial charge >= 0.3 is 5.97 Å². The molecule has 4 nitrogen and oxygen atoms in total. The minimum atomic E-state index is -1.02. The Morgan fingerprint density at radius 1 is 1.09 bits per heavy atom. The Hall–Kier alpha value is -1.24. The van der Waals surface area contributed by atoms with E-state index < -0.39 is 24.2 Å². The van der Waals surface area contributed by atoms with Gasteiger partial charge in [0.15, 0.2) is 0 Å². The van der Waals surface area contributed by atoms with E-state index in [1.165, 1.54) is 0 Å². The summed E-state index contributed by atoms with van der Waals surface area (Å²) in [5.41, 5.74) is 1.03. The van der Waals surface area contributed by atoms with Crippen molar-refractivity contribution < 1.29 is 14.6 Å².